The predicted octanol–water partition coefficient (Wildman–Crippen LogP) is 2.77. The molecule has 0 aromatic carbocycles. The van der Waals surface area contributed by atoms with Crippen LogP contribution >= 0.6 is 39.3 Å². The minimum atomic E-state index is 0.558. The van der Waals surface area contributed by atoms with E-state index in [1.54, 1.807) is 0 Å². The Morgan fingerprint density at radius 1 is 1.59 bits per heavy atom. The lowest BCUT2D eigenvalue weighted by atomic mass is 10.1. The standard InChI is InChI=1S/C11H13BrClN3S/c12-8-5-9-11(15-10(8)13)16-3-2-14-6-7(16)1-4-17-9/h5,7,14H,1-4,6H2/t7-/m0/s1. The number of nitrogens with one attached hydrogen (secondary N) is 1. The molecule has 2 aliphatic heterocycles. The minimum absolute atomic E-state index is 0.558. The van der Waals surface area contributed by atoms with Gasteiger partial charge in [-0.25, -0.2) is 4.98 Å². The van der Waals surface area contributed by atoms with Gasteiger partial charge < -0.3 is 10.2 Å². The molecular weight excluding hydrogens is 322 g/mol. The van der Waals surface area contributed by atoms with Crippen LogP contribution in [0.15, 0.2) is 15.4 Å². The van der Waals surface area contributed by atoms with Crippen molar-refractivity contribution >= 4 is 45.1 Å². The fourth-order valence-corrected chi connectivity index (χ4v) is 4.06. The molecule has 3 heterocycles. The van der Waals surface area contributed by atoms with Gasteiger partial charge in [-0.1, -0.05) is 11.6 Å². The zero-order valence-electron chi connectivity index (χ0n) is 9.25. The lowest BCUT2D eigenvalue weighted by Crippen LogP contribution is -2.51. The number of piperazine rings is 1. The van der Waals surface area contributed by atoms with E-state index in [1.807, 2.05) is 11.8 Å². The molecule has 3 rings (SSSR count). The summed E-state index contributed by atoms with van der Waals surface area (Å²) >= 11 is 11.4. The van der Waals surface area contributed by atoms with E-state index < -0.39 is 0 Å². The first kappa shape index (κ1) is 12.1. The second-order valence-corrected chi connectivity index (χ2v) is 6.62. The average molecular weight is 335 g/mol. The van der Waals surface area contributed by atoms with Crippen LogP contribution in [0, 0.1) is 0 Å². The molecule has 0 aliphatic carbocycles. The number of hydrogen-bond acceptors (Lipinski definition) is 4. The molecule has 1 N–H and O–H groups in total. The Kier molecular flexibility index (Phi) is 3.52. The Balaban J connectivity index is 2.05. The molecule has 17 heavy (non-hydrogen) atoms. The number of thioether (sulfide) groups is 1. The summed E-state index contributed by atoms with van der Waals surface area (Å²) < 4.78 is 0.888. The normalized spacial score (nSPS) is 23.9. The third kappa shape index (κ3) is 2.30. The van der Waals surface area contributed by atoms with E-state index in [1.165, 1.54) is 11.3 Å². The summed E-state index contributed by atoms with van der Waals surface area (Å²) in [5, 5.41) is 4.01. The monoisotopic (exact) mass is 333 g/mol. The molecule has 1 fully saturated rings. The Labute approximate surface area is 118 Å². The van der Waals surface area contributed by atoms with Gasteiger partial charge in [0.1, 0.15) is 11.0 Å². The third-order valence-electron chi connectivity index (χ3n) is 3.21. The van der Waals surface area contributed by atoms with Gasteiger partial charge in [0, 0.05) is 31.4 Å². The third-order valence-corrected chi connectivity index (χ3v) is 5.38. The van der Waals surface area contributed by atoms with Crippen molar-refractivity contribution in [2.24, 2.45) is 0 Å². The fourth-order valence-electron chi connectivity index (χ4n) is 2.36. The molecule has 6 heteroatoms. The number of fused-ring (bicyclic) bond motifs is 3. The number of halogens is 2. The molecule has 0 spiro atoms. The summed E-state index contributed by atoms with van der Waals surface area (Å²) in [6.07, 6.45) is 1.20. The summed E-state index contributed by atoms with van der Waals surface area (Å²) in [7, 11) is 0. The maximum Gasteiger partial charge on any atom is 0.145 e. The number of rotatable bonds is 0. The predicted molar refractivity (Wildman–Crippen MR) is 76.3 cm³/mol. The van der Waals surface area contributed by atoms with E-state index in [4.69, 9.17) is 11.6 Å². The number of aromatic nitrogens is 1. The van der Waals surface area contributed by atoms with Gasteiger partial charge in [0.2, 0.25) is 0 Å². The van der Waals surface area contributed by atoms with E-state index >= 15 is 0 Å². The molecule has 1 atom stereocenters. The summed E-state index contributed by atoms with van der Waals surface area (Å²) in [6, 6.07) is 2.65. The van der Waals surface area contributed by atoms with Crippen molar-refractivity contribution in [1.82, 2.24) is 10.3 Å². The molecule has 0 unspecified atom stereocenters. The van der Waals surface area contributed by atoms with Crippen LogP contribution in [0.3, 0.4) is 0 Å². The first-order valence-corrected chi connectivity index (χ1v) is 7.87. The van der Waals surface area contributed by atoms with E-state index in [2.05, 4.69) is 37.2 Å². The zero-order chi connectivity index (χ0) is 11.8. The van der Waals surface area contributed by atoms with Crippen LogP contribution in [0.1, 0.15) is 6.42 Å². The Morgan fingerprint density at radius 3 is 3.35 bits per heavy atom. The van der Waals surface area contributed by atoms with Gasteiger partial charge in [-0.15, -0.1) is 11.8 Å². The fraction of sp³-hybridized carbons (Fsp3) is 0.545. The molecule has 1 saturated heterocycles. The summed E-state index contributed by atoms with van der Waals surface area (Å²) in [5.41, 5.74) is 0. The van der Waals surface area contributed by atoms with E-state index in [9.17, 15) is 0 Å². The maximum atomic E-state index is 6.12. The lowest BCUT2D eigenvalue weighted by molar-refractivity contribution is 0.465. The van der Waals surface area contributed by atoms with Gasteiger partial charge in [0.05, 0.1) is 9.37 Å². The van der Waals surface area contributed by atoms with Crippen LogP contribution in [-0.2, 0) is 0 Å². The molecule has 0 bridgehead atoms. The van der Waals surface area contributed by atoms with Crippen molar-refractivity contribution in [3.63, 3.8) is 0 Å². The van der Waals surface area contributed by atoms with E-state index in [0.717, 1.165) is 35.7 Å². The first-order chi connectivity index (χ1) is 8.25. The summed E-state index contributed by atoms with van der Waals surface area (Å²) in [4.78, 5) is 8.20. The molecule has 1 aromatic heterocycles. The summed E-state index contributed by atoms with van der Waals surface area (Å²) in [6.45, 7) is 3.09. The van der Waals surface area contributed by atoms with Crippen LogP contribution in [0.25, 0.3) is 0 Å². The van der Waals surface area contributed by atoms with Crippen LogP contribution in [0.2, 0.25) is 5.15 Å². The van der Waals surface area contributed by atoms with Crippen LogP contribution in [0.4, 0.5) is 5.82 Å². The lowest BCUT2D eigenvalue weighted by Gasteiger charge is -2.36. The van der Waals surface area contributed by atoms with Crippen molar-refractivity contribution in [3.05, 3.63) is 15.7 Å². The van der Waals surface area contributed by atoms with Crippen LogP contribution in [-0.4, -0.2) is 36.4 Å². The van der Waals surface area contributed by atoms with Crippen LogP contribution in [0.5, 0.6) is 0 Å². The highest BCUT2D eigenvalue weighted by Crippen LogP contribution is 2.38. The van der Waals surface area contributed by atoms with Crippen molar-refractivity contribution in [1.29, 1.82) is 0 Å². The van der Waals surface area contributed by atoms with Gasteiger partial charge in [0.25, 0.3) is 0 Å². The minimum Gasteiger partial charge on any atom is -0.350 e. The average Bonchev–Trinajstić information content (AvgIpc) is 2.50. The van der Waals surface area contributed by atoms with Crippen LogP contribution < -0.4 is 10.2 Å². The highest BCUT2D eigenvalue weighted by atomic mass is 79.9. The van der Waals surface area contributed by atoms with Crippen molar-refractivity contribution in [2.45, 2.75) is 17.4 Å². The van der Waals surface area contributed by atoms with Gasteiger partial charge >= 0.3 is 0 Å². The number of hydrogen-bond donors (Lipinski definition) is 1. The van der Waals surface area contributed by atoms with Gasteiger partial charge in [-0.2, -0.15) is 0 Å². The highest BCUT2D eigenvalue weighted by molar-refractivity contribution is 9.10. The molecule has 3 nitrogen and oxygen atoms in total. The van der Waals surface area contributed by atoms with E-state index in [-0.39, 0.29) is 0 Å². The summed E-state index contributed by atoms with van der Waals surface area (Å²) in [5.74, 6) is 2.21. The first-order valence-electron chi connectivity index (χ1n) is 5.72. The second kappa shape index (κ2) is 4.96. The smallest absolute Gasteiger partial charge is 0.145 e. The Bertz CT molecular complexity index is 443. The topological polar surface area (TPSA) is 28.2 Å². The van der Waals surface area contributed by atoms with Crippen molar-refractivity contribution in [3.8, 4) is 0 Å². The Hall–Kier alpha value is 0.0300. The van der Waals surface area contributed by atoms with Gasteiger partial charge in [-0.3, -0.25) is 0 Å². The second-order valence-electron chi connectivity index (χ2n) is 4.27. The molecular formula is C11H13BrClN3S. The maximum absolute atomic E-state index is 6.12. The highest BCUT2D eigenvalue weighted by Gasteiger charge is 2.28. The van der Waals surface area contributed by atoms with Gasteiger partial charge in [0.15, 0.2) is 0 Å². The molecule has 0 amide bonds. The van der Waals surface area contributed by atoms with Crippen molar-refractivity contribution in [2.75, 3.05) is 30.3 Å². The molecule has 1 aromatic rings. The molecule has 0 radical (unpaired) electrons. The molecule has 2 aliphatic rings. The number of nitrogens with zero attached hydrogens (tertiary/aromatic N) is 2. The van der Waals surface area contributed by atoms with E-state index in [0.29, 0.717) is 11.2 Å². The Morgan fingerprint density at radius 2 is 2.47 bits per heavy atom. The quantitative estimate of drug-likeness (QED) is 0.739. The number of pyridine rings is 1. The number of anilines is 1. The largest absolute Gasteiger partial charge is 0.350 e. The molecule has 0 saturated carbocycles. The molecule has 92 valence electrons. The van der Waals surface area contributed by atoms with Crippen molar-refractivity contribution < 1.29 is 0 Å². The SMILES string of the molecule is Clc1nc2c(cc1Br)SCC[C@H]1CNCCN21. The van der Waals surface area contributed by atoms with Gasteiger partial charge in [-0.05, 0) is 28.4 Å². The zero-order valence-corrected chi connectivity index (χ0v) is 12.4.